The normalized spacial score (nSPS) is 3.57. The first-order valence-electron chi connectivity index (χ1n) is 0.548. The first kappa shape index (κ1) is 22.6. The first-order valence-corrected chi connectivity index (χ1v) is 1.64. The van der Waals surface area contributed by atoms with E-state index in [1.54, 1.807) is 0 Å². The number of hydrogen-bond donors (Lipinski definition) is 0. The Morgan fingerprint density at radius 2 is 1.00 bits per heavy atom. The average Bonchev–Trinajstić information content (AvgIpc) is 0.811. The zero-order chi connectivity index (χ0) is 3.58. The van der Waals surface area contributed by atoms with Gasteiger partial charge in [0.1, 0.15) is 0 Å². The van der Waals surface area contributed by atoms with Crippen LogP contribution in [0.2, 0.25) is 0 Å². The van der Waals surface area contributed by atoms with Gasteiger partial charge in [-0.05, 0) is 0 Å². The van der Waals surface area contributed by atoms with Gasteiger partial charge in [-0.25, -0.2) is 0 Å². The first-order chi connectivity index (χ1) is 1.73. The van der Waals surface area contributed by atoms with Crippen LogP contribution >= 0.6 is 7.91 Å². The zero-order valence-corrected chi connectivity index (χ0v) is 14.9. The summed E-state index contributed by atoms with van der Waals surface area (Å²) in [7, 11) is -3.37. The molecule has 0 atom stereocenters. The predicted molar refractivity (Wildman–Crippen MR) is 8.29 cm³/mol. The van der Waals surface area contributed by atoms with Gasteiger partial charge in [-0.15, -0.1) is 0 Å². The van der Waals surface area contributed by atoms with Crippen molar-refractivity contribution in [1.29, 1.82) is 0 Å². The molecule has 0 aromatic rings. The van der Waals surface area contributed by atoms with Crippen LogP contribution in [0, 0.1) is 0 Å². The van der Waals surface area contributed by atoms with Crippen molar-refractivity contribution in [3.8, 4) is 0 Å². The molecular weight excluding hydrogens is 196 g/mol. The van der Waals surface area contributed by atoms with E-state index in [1.807, 2.05) is 0 Å². The molecule has 7 heteroatoms. The van der Waals surface area contributed by atoms with Crippen LogP contribution < -0.4 is 159 Å². The van der Waals surface area contributed by atoms with E-state index < -0.39 is 7.91 Å². The molecule has 0 aliphatic heterocycles. The predicted octanol–water partition coefficient (Wildman–Crippen LogP) is -9.55. The molecule has 0 fully saturated rings. The second-order valence-electron chi connectivity index (χ2n) is 0.224. The van der Waals surface area contributed by atoms with Crippen LogP contribution in [0.4, 0.5) is 0 Å². The fourth-order valence-electron chi connectivity index (χ4n) is 0. The third-order valence-electron chi connectivity index (χ3n) is 0. The fraction of sp³-hybridized carbons (Fsp3) is 0. The Balaban J connectivity index is -0.0000000150. The summed E-state index contributed by atoms with van der Waals surface area (Å²) in [5, 5.41) is 0. The van der Waals surface area contributed by atoms with Crippen molar-refractivity contribution in [2.45, 2.75) is 0 Å². The number of rotatable bonds is 0. The van der Waals surface area contributed by atoms with Gasteiger partial charge in [0.2, 0.25) is 7.91 Å². The fourth-order valence-corrected chi connectivity index (χ4v) is 0. The van der Waals surface area contributed by atoms with Gasteiger partial charge in [0.05, 0.1) is 0 Å². The molecule has 0 aromatic carbocycles. The maximum atomic E-state index is 8.48. The van der Waals surface area contributed by atoms with Crippen molar-refractivity contribution in [1.82, 2.24) is 0 Å². The van der Waals surface area contributed by atoms with E-state index in [0.29, 0.717) is 0 Å². The monoisotopic (exact) mass is 196 g/mol. The van der Waals surface area contributed by atoms with E-state index in [0.717, 1.165) is 0 Å². The molecule has 3 nitrogen and oxygen atoms in total. The molecule has 24 valence electrons. The van der Waals surface area contributed by atoms with Crippen LogP contribution in [-0.4, -0.2) is 0 Å². The molecule has 0 radical (unpaired) electrons. The summed E-state index contributed by atoms with van der Waals surface area (Å²) in [4.78, 5) is 8.48. The molecule has 0 unspecified atom stereocenters. The molecule has 0 rings (SSSR count). The van der Waals surface area contributed by atoms with E-state index in [2.05, 4.69) is 0 Å². The summed E-state index contributed by atoms with van der Waals surface area (Å²) in [5.74, 6) is 0. The minimum absolute atomic E-state index is 0. The van der Waals surface area contributed by atoms with Crippen molar-refractivity contribution in [3.63, 3.8) is 0 Å². The van der Waals surface area contributed by atoms with Crippen molar-refractivity contribution in [2.75, 3.05) is 0 Å². The standard InChI is InChI=1S/3K.HO3P/c;;;1-4(2)3/h;;;(H,1,2,3)/q3*+1;/p-1. The largest absolute Gasteiger partial charge is 1.00 e. The summed E-state index contributed by atoms with van der Waals surface area (Å²) >= 11 is 0. The van der Waals surface area contributed by atoms with E-state index in [9.17, 15) is 0 Å². The Bertz CT molecular complexity index is 58.6. The summed E-state index contributed by atoms with van der Waals surface area (Å²) in [5.41, 5.74) is 0. The van der Waals surface area contributed by atoms with Crippen LogP contribution in [0.3, 0.4) is 0 Å². The molecule has 0 saturated heterocycles. The van der Waals surface area contributed by atoms with Gasteiger partial charge in [0, 0.05) is 0 Å². The van der Waals surface area contributed by atoms with Gasteiger partial charge in [-0.2, -0.15) is 0 Å². The van der Waals surface area contributed by atoms with Crippen LogP contribution in [0.25, 0.3) is 0 Å². The van der Waals surface area contributed by atoms with Gasteiger partial charge in [0.25, 0.3) is 0 Å². The third kappa shape index (κ3) is 36.4. The van der Waals surface area contributed by atoms with Crippen molar-refractivity contribution >= 4 is 7.91 Å². The maximum absolute atomic E-state index is 8.48. The molecule has 0 saturated carbocycles. The summed E-state index contributed by atoms with van der Waals surface area (Å²) < 4.78 is 17.0. The molecule has 0 heterocycles. The topological polar surface area (TPSA) is 57.2 Å². The third-order valence-corrected chi connectivity index (χ3v) is 0. The van der Waals surface area contributed by atoms with Crippen molar-refractivity contribution < 1.29 is 168 Å². The maximum Gasteiger partial charge on any atom is 1.00 e. The second-order valence-corrected chi connectivity index (χ2v) is 0.671. The van der Waals surface area contributed by atoms with E-state index in [1.165, 1.54) is 0 Å². The van der Waals surface area contributed by atoms with E-state index >= 15 is 0 Å². The van der Waals surface area contributed by atoms with Gasteiger partial charge < -0.3 is 4.89 Å². The van der Waals surface area contributed by atoms with Gasteiger partial charge >= 0.3 is 154 Å². The Morgan fingerprint density at radius 3 is 1.00 bits per heavy atom. The SMILES string of the molecule is O=P(=O)[O-].[K+].[K+].[K+]. The number of hydrogen-bond acceptors (Lipinski definition) is 3. The Hall–Kier alpha value is 4.77. The van der Waals surface area contributed by atoms with Gasteiger partial charge in [-0.3, -0.25) is 9.13 Å². The van der Waals surface area contributed by atoms with Gasteiger partial charge in [-0.1, -0.05) is 0 Å². The van der Waals surface area contributed by atoms with Crippen LogP contribution in [0.5, 0.6) is 0 Å². The molecule has 0 amide bonds. The molecule has 0 aromatic heterocycles. The minimum atomic E-state index is -3.37. The quantitative estimate of drug-likeness (QED) is 0.285. The van der Waals surface area contributed by atoms with Crippen molar-refractivity contribution in [3.05, 3.63) is 0 Å². The van der Waals surface area contributed by atoms with E-state index in [4.69, 9.17) is 14.0 Å². The van der Waals surface area contributed by atoms with Crippen LogP contribution in [-0.2, 0) is 9.13 Å². The Labute approximate surface area is 170 Å². The molecule has 0 N–H and O–H groups in total. The van der Waals surface area contributed by atoms with Crippen LogP contribution in [0.15, 0.2) is 0 Å². The van der Waals surface area contributed by atoms with E-state index in [-0.39, 0.29) is 154 Å². The minimum Gasteiger partial charge on any atom is -0.744 e. The molecule has 0 bridgehead atoms. The van der Waals surface area contributed by atoms with Crippen LogP contribution in [0.1, 0.15) is 0 Å². The molecule has 0 spiro atoms. The zero-order valence-electron chi connectivity index (χ0n) is 4.67. The Kier molecular flexibility index (Phi) is 55.0. The van der Waals surface area contributed by atoms with Gasteiger partial charge in [0.15, 0.2) is 0 Å². The Morgan fingerprint density at radius 1 is 1.00 bits per heavy atom. The summed E-state index contributed by atoms with van der Waals surface area (Å²) in [6.45, 7) is 0. The summed E-state index contributed by atoms with van der Waals surface area (Å²) in [6, 6.07) is 0. The second kappa shape index (κ2) is 17.0. The van der Waals surface area contributed by atoms with Crippen molar-refractivity contribution in [2.24, 2.45) is 0 Å². The molecule has 0 aliphatic carbocycles. The smallest absolute Gasteiger partial charge is 0.744 e. The molecular formula is K3O3P+2. The summed E-state index contributed by atoms with van der Waals surface area (Å²) in [6.07, 6.45) is 0. The average molecular weight is 196 g/mol. The molecule has 7 heavy (non-hydrogen) atoms. The molecule has 0 aliphatic rings.